The molecule has 0 aliphatic heterocycles. The van der Waals surface area contributed by atoms with E-state index in [9.17, 15) is 4.79 Å². The maximum atomic E-state index is 12.8. The normalized spacial score (nSPS) is 11.9. The van der Waals surface area contributed by atoms with Crippen LogP contribution in [0.2, 0.25) is 0 Å². The molecule has 7 heteroatoms. The number of rotatable bonds is 7. The minimum Gasteiger partial charge on any atom is -0.490 e. The summed E-state index contributed by atoms with van der Waals surface area (Å²) < 4.78 is 13.4. The number of fused-ring (bicyclic) bond motifs is 1. The molecule has 154 valence electrons. The molecule has 0 saturated carbocycles. The third-order valence-corrected chi connectivity index (χ3v) is 5.44. The average Bonchev–Trinajstić information content (AvgIpc) is 3.27. The summed E-state index contributed by atoms with van der Waals surface area (Å²) in [6.07, 6.45) is 2.76. The number of benzene rings is 2. The largest absolute Gasteiger partial charge is 0.490 e. The van der Waals surface area contributed by atoms with E-state index >= 15 is 0 Å². The first kappa shape index (κ1) is 20.1. The van der Waals surface area contributed by atoms with Crippen LogP contribution in [0.25, 0.3) is 22.4 Å². The maximum absolute atomic E-state index is 12.8. The minimum absolute atomic E-state index is 0.175. The molecule has 2 aromatic carbocycles. The van der Waals surface area contributed by atoms with E-state index in [0.717, 1.165) is 23.1 Å². The molecule has 0 saturated heterocycles. The molecule has 0 unspecified atom stereocenters. The molecule has 2 heterocycles. The van der Waals surface area contributed by atoms with Gasteiger partial charge in [0.25, 0.3) is 5.56 Å². The van der Waals surface area contributed by atoms with Gasteiger partial charge in [-0.2, -0.15) is 9.50 Å². The quantitative estimate of drug-likeness (QED) is 0.453. The number of hydrogen-bond donors (Lipinski definition) is 0. The van der Waals surface area contributed by atoms with Crippen LogP contribution in [0.4, 0.5) is 0 Å². The van der Waals surface area contributed by atoms with Crippen molar-refractivity contribution in [3.63, 3.8) is 0 Å². The van der Waals surface area contributed by atoms with E-state index in [2.05, 4.69) is 17.0 Å². The van der Waals surface area contributed by atoms with Gasteiger partial charge in [0, 0.05) is 5.56 Å². The van der Waals surface area contributed by atoms with E-state index < -0.39 is 0 Å². The van der Waals surface area contributed by atoms with Gasteiger partial charge in [-0.25, -0.2) is 0 Å². The van der Waals surface area contributed by atoms with Crippen molar-refractivity contribution in [2.75, 3.05) is 13.2 Å². The molecule has 4 aromatic rings. The van der Waals surface area contributed by atoms with Crippen molar-refractivity contribution in [3.8, 4) is 22.9 Å². The molecular formula is C23H23N3O3S. The van der Waals surface area contributed by atoms with Crippen molar-refractivity contribution in [1.29, 1.82) is 0 Å². The van der Waals surface area contributed by atoms with Crippen molar-refractivity contribution in [3.05, 3.63) is 68.5 Å². The third-order valence-electron chi connectivity index (χ3n) is 4.49. The van der Waals surface area contributed by atoms with E-state index in [1.54, 1.807) is 0 Å². The Bertz CT molecular complexity index is 1290. The Morgan fingerprint density at radius 1 is 1.10 bits per heavy atom. The van der Waals surface area contributed by atoms with Gasteiger partial charge in [-0.3, -0.25) is 4.79 Å². The van der Waals surface area contributed by atoms with Gasteiger partial charge < -0.3 is 9.47 Å². The molecule has 0 amide bonds. The van der Waals surface area contributed by atoms with Crippen LogP contribution in [0.3, 0.4) is 0 Å². The van der Waals surface area contributed by atoms with Crippen molar-refractivity contribution >= 4 is 22.4 Å². The Hall–Kier alpha value is -3.19. The van der Waals surface area contributed by atoms with E-state index in [0.29, 0.717) is 40.0 Å². The number of ether oxygens (including phenoxy) is 2. The lowest BCUT2D eigenvalue weighted by atomic mass is 10.1. The van der Waals surface area contributed by atoms with Crippen LogP contribution in [-0.2, 0) is 0 Å². The molecule has 30 heavy (non-hydrogen) atoms. The number of nitrogens with zero attached hydrogens (tertiary/aromatic N) is 3. The van der Waals surface area contributed by atoms with Crippen molar-refractivity contribution in [1.82, 2.24) is 14.6 Å². The van der Waals surface area contributed by atoms with Gasteiger partial charge in [-0.15, -0.1) is 5.10 Å². The molecule has 0 N–H and O–H groups in total. The fourth-order valence-electron chi connectivity index (χ4n) is 3.11. The van der Waals surface area contributed by atoms with Gasteiger partial charge in [0.1, 0.15) is 0 Å². The zero-order valence-corrected chi connectivity index (χ0v) is 18.0. The monoisotopic (exact) mass is 421 g/mol. The highest BCUT2D eigenvalue weighted by Crippen LogP contribution is 2.29. The van der Waals surface area contributed by atoms with E-state index in [-0.39, 0.29) is 5.56 Å². The average molecular weight is 422 g/mol. The molecule has 6 nitrogen and oxygen atoms in total. The molecule has 2 aromatic heterocycles. The summed E-state index contributed by atoms with van der Waals surface area (Å²) in [6.45, 7) is 7.18. The number of aromatic nitrogens is 3. The number of thiazole rings is 1. The Morgan fingerprint density at radius 2 is 1.97 bits per heavy atom. The van der Waals surface area contributed by atoms with Gasteiger partial charge in [-0.05, 0) is 50.1 Å². The molecule has 0 aliphatic rings. The molecule has 0 spiro atoms. The molecule has 4 rings (SSSR count). The van der Waals surface area contributed by atoms with Crippen molar-refractivity contribution in [2.24, 2.45) is 0 Å². The van der Waals surface area contributed by atoms with E-state index in [1.807, 2.05) is 62.4 Å². The van der Waals surface area contributed by atoms with Gasteiger partial charge >= 0.3 is 0 Å². The highest BCUT2D eigenvalue weighted by molar-refractivity contribution is 7.15. The smallest absolute Gasteiger partial charge is 0.291 e. The predicted octanol–water partition coefficient (Wildman–Crippen LogP) is 3.86. The summed E-state index contributed by atoms with van der Waals surface area (Å²) in [5.74, 6) is 1.95. The van der Waals surface area contributed by atoms with Gasteiger partial charge in [-0.1, -0.05) is 48.1 Å². The first-order valence-corrected chi connectivity index (χ1v) is 10.8. The van der Waals surface area contributed by atoms with Gasteiger partial charge in [0.2, 0.25) is 4.96 Å². The SMILES string of the molecule is CCCOc1ccc(C=c2sc3nc(-c4cccc(C)c4)nn3c2=O)cc1OCC. The number of aryl methyl sites for hydroxylation is 1. The van der Waals surface area contributed by atoms with E-state index in [1.165, 1.54) is 15.9 Å². The maximum Gasteiger partial charge on any atom is 0.291 e. The molecule has 0 radical (unpaired) electrons. The van der Waals surface area contributed by atoms with Crippen LogP contribution >= 0.6 is 11.3 Å². The van der Waals surface area contributed by atoms with Crippen LogP contribution in [-0.4, -0.2) is 27.8 Å². The van der Waals surface area contributed by atoms with Crippen LogP contribution in [0.15, 0.2) is 47.3 Å². The second-order valence-electron chi connectivity index (χ2n) is 6.90. The van der Waals surface area contributed by atoms with Crippen LogP contribution < -0.4 is 19.6 Å². The lowest BCUT2D eigenvalue weighted by molar-refractivity contribution is 0.277. The Balaban J connectivity index is 1.71. The van der Waals surface area contributed by atoms with Crippen LogP contribution in [0.1, 0.15) is 31.4 Å². The summed E-state index contributed by atoms with van der Waals surface area (Å²) in [6, 6.07) is 13.6. The molecule has 0 fully saturated rings. The molecule has 0 atom stereocenters. The first-order chi connectivity index (χ1) is 14.6. The summed E-state index contributed by atoms with van der Waals surface area (Å²) in [4.78, 5) is 18.0. The highest BCUT2D eigenvalue weighted by atomic mass is 32.1. The second kappa shape index (κ2) is 8.67. The van der Waals surface area contributed by atoms with Crippen molar-refractivity contribution < 1.29 is 9.47 Å². The predicted molar refractivity (Wildman–Crippen MR) is 119 cm³/mol. The summed E-state index contributed by atoms with van der Waals surface area (Å²) in [5.41, 5.74) is 2.71. The fraction of sp³-hybridized carbons (Fsp3) is 0.261. The Kier molecular flexibility index (Phi) is 5.81. The summed E-state index contributed by atoms with van der Waals surface area (Å²) >= 11 is 1.32. The highest BCUT2D eigenvalue weighted by Gasteiger charge is 2.12. The summed E-state index contributed by atoms with van der Waals surface area (Å²) in [7, 11) is 0. The van der Waals surface area contributed by atoms with Crippen LogP contribution in [0.5, 0.6) is 11.5 Å². The van der Waals surface area contributed by atoms with Gasteiger partial charge in [0.05, 0.1) is 17.7 Å². The lowest BCUT2D eigenvalue weighted by Gasteiger charge is -2.11. The topological polar surface area (TPSA) is 65.7 Å². The summed E-state index contributed by atoms with van der Waals surface area (Å²) in [5, 5.41) is 4.42. The van der Waals surface area contributed by atoms with Crippen LogP contribution in [0, 0.1) is 6.92 Å². The van der Waals surface area contributed by atoms with Crippen molar-refractivity contribution in [2.45, 2.75) is 27.2 Å². The Labute approximate surface area is 178 Å². The minimum atomic E-state index is -0.175. The lowest BCUT2D eigenvalue weighted by Crippen LogP contribution is -2.23. The fourth-order valence-corrected chi connectivity index (χ4v) is 4.01. The molecule has 0 bridgehead atoms. The number of hydrogen-bond acceptors (Lipinski definition) is 6. The second-order valence-corrected chi connectivity index (χ2v) is 7.91. The van der Waals surface area contributed by atoms with Gasteiger partial charge in [0.15, 0.2) is 17.3 Å². The third kappa shape index (κ3) is 4.07. The first-order valence-electron chi connectivity index (χ1n) is 9.97. The molecular weight excluding hydrogens is 398 g/mol. The molecule has 0 aliphatic carbocycles. The zero-order chi connectivity index (χ0) is 21.1. The van der Waals surface area contributed by atoms with E-state index in [4.69, 9.17) is 9.47 Å². The standard InChI is InChI=1S/C23H23N3O3S/c1-4-11-29-18-10-9-16(13-19(18)28-5-2)14-20-22(27)26-23(30-20)24-21(25-26)17-8-6-7-15(3)12-17/h6-10,12-14H,4-5,11H2,1-3H3. The Morgan fingerprint density at radius 3 is 2.70 bits per heavy atom. The zero-order valence-electron chi connectivity index (χ0n) is 17.2.